The van der Waals surface area contributed by atoms with Crippen LogP contribution in [-0.4, -0.2) is 24.6 Å². The van der Waals surface area contributed by atoms with Crippen molar-refractivity contribution in [2.75, 3.05) is 19.0 Å². The average molecular weight is 331 g/mol. The number of nitrogens with one attached hydrogen (secondary N) is 2. The molecule has 0 bridgehead atoms. The molecule has 0 saturated carbocycles. The van der Waals surface area contributed by atoms with Crippen LogP contribution in [-0.2, 0) is 4.79 Å². The van der Waals surface area contributed by atoms with Gasteiger partial charge in [0.2, 0.25) is 0 Å². The molecule has 0 aliphatic carbocycles. The highest BCUT2D eigenvalue weighted by atomic mass is 35.5. The van der Waals surface area contributed by atoms with Crippen molar-refractivity contribution < 1.29 is 14.3 Å². The number of H-pyrrole nitrogens is 1. The Morgan fingerprint density at radius 2 is 2.09 bits per heavy atom. The number of anilines is 1. The van der Waals surface area contributed by atoms with Gasteiger partial charge in [-0.2, -0.15) is 0 Å². The number of hydrogen-bond acceptors (Lipinski definition) is 3. The maximum atomic E-state index is 12.0. The van der Waals surface area contributed by atoms with Crippen molar-refractivity contribution in [3.63, 3.8) is 0 Å². The maximum Gasteiger partial charge on any atom is 0.262 e. The predicted molar refractivity (Wildman–Crippen MR) is 90.4 cm³/mol. The summed E-state index contributed by atoms with van der Waals surface area (Å²) in [7, 11) is 1.54. The summed E-state index contributed by atoms with van der Waals surface area (Å²) in [5.74, 6) is 0.950. The molecule has 0 radical (unpaired) electrons. The topological polar surface area (TPSA) is 63.4 Å². The molecule has 2 N–H and O–H groups in total. The van der Waals surface area contributed by atoms with E-state index in [1.807, 2.05) is 30.5 Å². The van der Waals surface area contributed by atoms with Crippen LogP contribution in [0.1, 0.15) is 0 Å². The van der Waals surface area contributed by atoms with Crippen molar-refractivity contribution in [3.05, 3.63) is 53.7 Å². The summed E-state index contributed by atoms with van der Waals surface area (Å²) in [4.78, 5) is 15.1. The second kappa shape index (κ2) is 6.62. The summed E-state index contributed by atoms with van der Waals surface area (Å²) < 4.78 is 10.7. The fourth-order valence-electron chi connectivity index (χ4n) is 2.27. The number of carbonyl (C=O) groups is 1. The zero-order valence-corrected chi connectivity index (χ0v) is 13.2. The number of amides is 1. The van der Waals surface area contributed by atoms with Crippen LogP contribution in [0, 0.1) is 0 Å². The maximum absolute atomic E-state index is 12.0. The second-order valence-corrected chi connectivity index (χ2v) is 5.29. The Morgan fingerprint density at radius 3 is 2.87 bits per heavy atom. The first-order valence-corrected chi connectivity index (χ1v) is 7.37. The summed E-state index contributed by atoms with van der Waals surface area (Å²) in [6.07, 6.45) is 1.83. The van der Waals surface area contributed by atoms with Gasteiger partial charge in [-0.3, -0.25) is 4.79 Å². The third kappa shape index (κ3) is 3.40. The van der Waals surface area contributed by atoms with Crippen LogP contribution in [0.4, 0.5) is 5.69 Å². The zero-order chi connectivity index (χ0) is 16.2. The first-order chi connectivity index (χ1) is 11.2. The van der Waals surface area contributed by atoms with Crippen molar-refractivity contribution in [2.24, 2.45) is 0 Å². The summed E-state index contributed by atoms with van der Waals surface area (Å²) >= 11 is 6.03. The predicted octanol–water partition coefficient (Wildman–Crippen LogP) is 3.85. The Labute approximate surface area is 138 Å². The first-order valence-electron chi connectivity index (χ1n) is 6.99. The molecule has 3 rings (SSSR count). The molecule has 0 aliphatic heterocycles. The normalized spacial score (nSPS) is 10.5. The Bertz CT molecular complexity index is 845. The van der Waals surface area contributed by atoms with Crippen molar-refractivity contribution in [3.8, 4) is 11.5 Å². The van der Waals surface area contributed by atoms with Crippen molar-refractivity contribution in [1.82, 2.24) is 4.98 Å². The van der Waals surface area contributed by atoms with Crippen molar-refractivity contribution in [2.45, 2.75) is 0 Å². The average Bonchev–Trinajstić information content (AvgIpc) is 3.02. The third-order valence-corrected chi connectivity index (χ3v) is 3.64. The number of aromatic nitrogens is 1. The van der Waals surface area contributed by atoms with Crippen LogP contribution in [0.2, 0.25) is 5.02 Å². The molecule has 0 unspecified atom stereocenters. The number of ether oxygens (including phenoxy) is 2. The Morgan fingerprint density at radius 1 is 1.22 bits per heavy atom. The molecule has 1 heterocycles. The van der Waals surface area contributed by atoms with E-state index in [2.05, 4.69) is 10.3 Å². The van der Waals surface area contributed by atoms with Gasteiger partial charge in [-0.1, -0.05) is 17.7 Å². The van der Waals surface area contributed by atoms with E-state index >= 15 is 0 Å². The molecule has 0 atom stereocenters. The lowest BCUT2D eigenvalue weighted by atomic mass is 10.2. The lowest BCUT2D eigenvalue weighted by molar-refractivity contribution is -0.118. The van der Waals surface area contributed by atoms with Gasteiger partial charge >= 0.3 is 0 Å². The lowest BCUT2D eigenvalue weighted by Gasteiger charge is -2.10. The highest BCUT2D eigenvalue weighted by Gasteiger charge is 2.08. The van der Waals surface area contributed by atoms with Gasteiger partial charge in [0.25, 0.3) is 5.91 Å². The van der Waals surface area contributed by atoms with Crippen LogP contribution < -0.4 is 14.8 Å². The Hall–Kier alpha value is -2.66. The highest BCUT2D eigenvalue weighted by molar-refractivity contribution is 6.32. The van der Waals surface area contributed by atoms with Crippen LogP contribution in [0.15, 0.2) is 48.7 Å². The number of rotatable bonds is 5. The van der Waals surface area contributed by atoms with E-state index in [9.17, 15) is 4.79 Å². The minimum absolute atomic E-state index is 0.0893. The minimum Gasteiger partial charge on any atom is -0.495 e. The van der Waals surface area contributed by atoms with E-state index in [4.69, 9.17) is 21.1 Å². The van der Waals surface area contributed by atoms with Crippen LogP contribution in [0.5, 0.6) is 11.5 Å². The molecule has 0 spiro atoms. The fourth-order valence-corrected chi connectivity index (χ4v) is 2.52. The molecule has 5 nitrogen and oxygen atoms in total. The summed E-state index contributed by atoms with van der Waals surface area (Å²) in [5.41, 5.74) is 1.55. The summed E-state index contributed by atoms with van der Waals surface area (Å²) in [6, 6.07) is 12.6. The van der Waals surface area contributed by atoms with Gasteiger partial charge < -0.3 is 19.8 Å². The SMILES string of the molecule is COc1ccc(NC(=O)COc2cccc3[nH]ccc23)cc1Cl. The standard InChI is InChI=1S/C17H15ClN2O3/c1-22-16-6-5-11(9-13(16)18)20-17(21)10-23-15-4-2-3-14-12(15)7-8-19-14/h2-9,19H,10H2,1H3,(H,20,21). The van der Waals surface area contributed by atoms with Crippen LogP contribution in [0.25, 0.3) is 10.9 Å². The number of aromatic amines is 1. The quantitative estimate of drug-likeness (QED) is 0.747. The van der Waals surface area contributed by atoms with Crippen LogP contribution >= 0.6 is 11.6 Å². The number of hydrogen-bond donors (Lipinski definition) is 2. The van der Waals surface area contributed by atoms with E-state index in [1.165, 1.54) is 7.11 Å². The smallest absolute Gasteiger partial charge is 0.262 e. The Kier molecular flexibility index (Phi) is 4.39. The molecule has 3 aromatic rings. The minimum atomic E-state index is -0.265. The first kappa shape index (κ1) is 15.2. The van der Waals surface area contributed by atoms with Gasteiger partial charge in [-0.15, -0.1) is 0 Å². The Balaban J connectivity index is 1.63. The van der Waals surface area contributed by atoms with Gasteiger partial charge in [0.1, 0.15) is 11.5 Å². The van der Waals surface area contributed by atoms with Gasteiger partial charge in [-0.05, 0) is 36.4 Å². The molecule has 1 amide bonds. The molecule has 0 fully saturated rings. The highest BCUT2D eigenvalue weighted by Crippen LogP contribution is 2.27. The number of carbonyl (C=O) groups excluding carboxylic acids is 1. The van der Waals surface area contributed by atoms with Gasteiger partial charge in [0.15, 0.2) is 6.61 Å². The number of benzene rings is 2. The van der Waals surface area contributed by atoms with E-state index in [-0.39, 0.29) is 12.5 Å². The molecule has 0 aliphatic rings. The fraction of sp³-hybridized carbons (Fsp3) is 0.118. The number of fused-ring (bicyclic) bond motifs is 1. The molecular formula is C17H15ClN2O3. The molecule has 118 valence electrons. The molecule has 2 aromatic carbocycles. The van der Waals surface area contributed by atoms with Crippen LogP contribution in [0.3, 0.4) is 0 Å². The molecular weight excluding hydrogens is 316 g/mol. The second-order valence-electron chi connectivity index (χ2n) is 4.88. The third-order valence-electron chi connectivity index (χ3n) is 3.35. The van der Waals surface area contributed by atoms with Gasteiger partial charge in [-0.25, -0.2) is 0 Å². The number of methoxy groups -OCH3 is 1. The van der Waals surface area contributed by atoms with Crippen molar-refractivity contribution >= 4 is 34.1 Å². The van der Waals surface area contributed by atoms with E-state index in [1.54, 1.807) is 18.2 Å². The van der Waals surface area contributed by atoms with E-state index in [0.29, 0.717) is 22.2 Å². The van der Waals surface area contributed by atoms with Crippen molar-refractivity contribution in [1.29, 1.82) is 0 Å². The van der Waals surface area contributed by atoms with E-state index in [0.717, 1.165) is 10.9 Å². The number of halogens is 1. The summed E-state index contributed by atoms with van der Waals surface area (Å²) in [6.45, 7) is -0.0893. The molecule has 1 aromatic heterocycles. The monoisotopic (exact) mass is 330 g/mol. The van der Waals surface area contributed by atoms with Gasteiger partial charge in [0.05, 0.1) is 12.1 Å². The summed E-state index contributed by atoms with van der Waals surface area (Å²) in [5, 5.41) is 4.11. The van der Waals surface area contributed by atoms with E-state index < -0.39 is 0 Å². The molecule has 0 saturated heterocycles. The molecule has 23 heavy (non-hydrogen) atoms. The lowest BCUT2D eigenvalue weighted by Crippen LogP contribution is -2.20. The largest absolute Gasteiger partial charge is 0.495 e. The van der Waals surface area contributed by atoms with Gasteiger partial charge in [0, 0.05) is 22.8 Å². The molecule has 6 heteroatoms. The zero-order valence-electron chi connectivity index (χ0n) is 12.4.